The van der Waals surface area contributed by atoms with Gasteiger partial charge in [-0.3, -0.25) is 14.5 Å². The lowest BCUT2D eigenvalue weighted by molar-refractivity contribution is -0.132. The second kappa shape index (κ2) is 8.62. The molecule has 0 bridgehead atoms. The molecule has 6 rings (SSSR count). The number of thiazole rings is 1. The zero-order valence-corrected chi connectivity index (χ0v) is 21.2. The summed E-state index contributed by atoms with van der Waals surface area (Å²) in [7, 11) is 0. The first-order valence-electron chi connectivity index (χ1n) is 11.2. The van der Waals surface area contributed by atoms with Crippen molar-refractivity contribution >= 4 is 67.3 Å². The Bertz CT molecular complexity index is 1600. The zero-order valence-electron chi connectivity index (χ0n) is 18.9. The number of aromatic nitrogens is 1. The summed E-state index contributed by atoms with van der Waals surface area (Å²) in [6.07, 6.45) is 0.726. The SMILES string of the molecule is C[C@@H]1Cc2cc(C(O)=C3C(=O)C(=O)N(c4nc5ccc(Cl)cc5s4)[C@@H]3c3ccc(Cl)cc3)ccc2O1. The number of halogens is 2. The maximum Gasteiger partial charge on any atom is 0.301 e. The molecule has 1 fully saturated rings. The van der Waals surface area contributed by atoms with Crippen LogP contribution < -0.4 is 9.64 Å². The smallest absolute Gasteiger partial charge is 0.301 e. The number of amides is 1. The maximum absolute atomic E-state index is 13.4. The van der Waals surface area contributed by atoms with Crippen LogP contribution in [0.5, 0.6) is 5.75 Å². The average Bonchev–Trinajstić information content (AvgIpc) is 3.51. The quantitative estimate of drug-likeness (QED) is 0.182. The Morgan fingerprint density at radius 3 is 2.58 bits per heavy atom. The second-order valence-electron chi connectivity index (χ2n) is 8.78. The van der Waals surface area contributed by atoms with Gasteiger partial charge < -0.3 is 9.84 Å². The van der Waals surface area contributed by atoms with Crippen LogP contribution in [-0.2, 0) is 16.0 Å². The number of anilines is 1. The lowest BCUT2D eigenvalue weighted by Gasteiger charge is -2.23. The summed E-state index contributed by atoms with van der Waals surface area (Å²) in [5.74, 6) is -1.04. The number of ether oxygens (including phenoxy) is 1. The van der Waals surface area contributed by atoms with Gasteiger partial charge in [0.2, 0.25) is 0 Å². The number of aliphatic hydroxyl groups excluding tert-OH is 1. The summed E-state index contributed by atoms with van der Waals surface area (Å²) >= 11 is 13.5. The fourth-order valence-electron chi connectivity index (χ4n) is 4.70. The molecule has 1 N–H and O–H groups in total. The molecule has 2 atom stereocenters. The Labute approximate surface area is 220 Å². The van der Waals surface area contributed by atoms with Crippen LogP contribution in [-0.4, -0.2) is 27.9 Å². The van der Waals surface area contributed by atoms with Gasteiger partial charge in [-0.2, -0.15) is 0 Å². The van der Waals surface area contributed by atoms with Crippen molar-refractivity contribution in [3.05, 3.63) is 93.0 Å². The highest BCUT2D eigenvalue weighted by atomic mass is 35.5. The minimum absolute atomic E-state index is 0.00785. The van der Waals surface area contributed by atoms with E-state index in [4.69, 9.17) is 27.9 Å². The van der Waals surface area contributed by atoms with Gasteiger partial charge in [-0.25, -0.2) is 4.98 Å². The largest absolute Gasteiger partial charge is 0.507 e. The number of rotatable bonds is 3. The molecular weight excluding hydrogens is 519 g/mol. The molecule has 0 aliphatic carbocycles. The van der Waals surface area contributed by atoms with Crippen LogP contribution in [0, 0.1) is 0 Å². The molecule has 3 aromatic carbocycles. The fourth-order valence-corrected chi connectivity index (χ4v) is 6.10. The lowest BCUT2D eigenvalue weighted by atomic mass is 9.94. The maximum atomic E-state index is 13.4. The highest BCUT2D eigenvalue weighted by Crippen LogP contribution is 2.45. The third-order valence-corrected chi connectivity index (χ3v) is 7.85. The number of benzene rings is 3. The van der Waals surface area contributed by atoms with E-state index < -0.39 is 17.7 Å². The van der Waals surface area contributed by atoms with Gasteiger partial charge in [-0.1, -0.05) is 46.7 Å². The third-order valence-electron chi connectivity index (χ3n) is 6.34. The summed E-state index contributed by atoms with van der Waals surface area (Å²) in [6.45, 7) is 1.97. The van der Waals surface area contributed by atoms with E-state index in [1.165, 1.54) is 16.2 Å². The van der Waals surface area contributed by atoms with E-state index in [9.17, 15) is 14.7 Å². The van der Waals surface area contributed by atoms with E-state index >= 15 is 0 Å². The molecule has 1 amide bonds. The van der Waals surface area contributed by atoms with Crippen LogP contribution in [0.25, 0.3) is 16.0 Å². The molecule has 180 valence electrons. The number of nitrogens with zero attached hydrogens (tertiary/aromatic N) is 2. The molecule has 1 aromatic heterocycles. The number of Topliss-reactive ketones (excluding diaryl/α,β-unsaturated/α-hetero) is 1. The van der Waals surface area contributed by atoms with Gasteiger partial charge in [-0.15, -0.1) is 0 Å². The van der Waals surface area contributed by atoms with Crippen molar-refractivity contribution in [2.24, 2.45) is 0 Å². The first kappa shape index (κ1) is 23.0. The molecule has 2 aliphatic rings. The van der Waals surface area contributed by atoms with Gasteiger partial charge in [0.15, 0.2) is 5.13 Å². The molecule has 0 radical (unpaired) electrons. The Hall–Kier alpha value is -3.39. The number of carbonyl (C=O) groups is 2. The van der Waals surface area contributed by atoms with Crippen molar-refractivity contribution in [3.63, 3.8) is 0 Å². The molecule has 36 heavy (non-hydrogen) atoms. The highest BCUT2D eigenvalue weighted by Gasteiger charge is 2.48. The van der Waals surface area contributed by atoms with Gasteiger partial charge in [0.1, 0.15) is 17.6 Å². The molecule has 0 saturated carbocycles. The molecule has 2 aliphatic heterocycles. The first-order chi connectivity index (χ1) is 17.3. The Morgan fingerprint density at radius 2 is 1.81 bits per heavy atom. The van der Waals surface area contributed by atoms with Crippen LogP contribution in [0.4, 0.5) is 5.13 Å². The predicted octanol–water partition coefficient (Wildman–Crippen LogP) is 6.55. The summed E-state index contributed by atoms with van der Waals surface area (Å²) in [5.41, 5.74) is 2.65. The summed E-state index contributed by atoms with van der Waals surface area (Å²) in [6, 6.07) is 16.5. The number of carbonyl (C=O) groups excluding carboxylic acids is 2. The minimum Gasteiger partial charge on any atom is -0.507 e. The molecular formula is C27H18Cl2N2O4S. The third kappa shape index (κ3) is 3.75. The van der Waals surface area contributed by atoms with Crippen LogP contribution in [0.3, 0.4) is 0 Å². The van der Waals surface area contributed by atoms with Gasteiger partial charge in [-0.05, 0) is 66.6 Å². The van der Waals surface area contributed by atoms with E-state index in [1.807, 2.05) is 6.92 Å². The van der Waals surface area contributed by atoms with Crippen molar-refractivity contribution in [2.75, 3.05) is 4.90 Å². The van der Waals surface area contributed by atoms with Gasteiger partial charge in [0, 0.05) is 22.0 Å². The van der Waals surface area contributed by atoms with Crippen molar-refractivity contribution in [2.45, 2.75) is 25.5 Å². The normalized spacial score (nSPS) is 20.7. The standard InChI is InChI=1S/C27H18Cl2N2O4S/c1-13-10-16-11-15(4-9-20(16)35-13)24(32)22-23(14-2-5-17(28)6-3-14)31(26(34)25(22)33)27-30-19-8-7-18(29)12-21(19)36-27/h2-9,11-13,23,32H,10H2,1H3/t13-,23-/m1/s1. The molecule has 1 saturated heterocycles. The molecule has 0 unspecified atom stereocenters. The monoisotopic (exact) mass is 536 g/mol. The summed E-state index contributed by atoms with van der Waals surface area (Å²) < 4.78 is 6.54. The minimum atomic E-state index is -0.887. The number of fused-ring (bicyclic) bond motifs is 2. The fraction of sp³-hybridized carbons (Fsp3) is 0.148. The number of hydrogen-bond acceptors (Lipinski definition) is 6. The Morgan fingerprint density at radius 1 is 1.06 bits per heavy atom. The van der Waals surface area contributed by atoms with E-state index in [1.54, 1.807) is 60.7 Å². The molecule has 0 spiro atoms. The van der Waals surface area contributed by atoms with Gasteiger partial charge in [0.05, 0.1) is 21.8 Å². The van der Waals surface area contributed by atoms with Gasteiger partial charge in [0.25, 0.3) is 5.78 Å². The molecule has 3 heterocycles. The molecule has 9 heteroatoms. The Kier molecular flexibility index (Phi) is 5.52. The predicted molar refractivity (Wildman–Crippen MR) is 141 cm³/mol. The van der Waals surface area contributed by atoms with Gasteiger partial charge >= 0.3 is 5.91 Å². The van der Waals surface area contributed by atoms with Crippen molar-refractivity contribution in [1.29, 1.82) is 0 Å². The molecule has 6 nitrogen and oxygen atoms in total. The highest BCUT2D eigenvalue weighted by molar-refractivity contribution is 7.22. The number of ketones is 1. The Balaban J connectivity index is 1.53. The van der Waals surface area contributed by atoms with Crippen LogP contribution in [0.15, 0.2) is 66.2 Å². The second-order valence-corrected chi connectivity index (χ2v) is 10.7. The van der Waals surface area contributed by atoms with E-state index in [0.717, 1.165) is 16.0 Å². The van der Waals surface area contributed by atoms with E-state index in [2.05, 4.69) is 4.98 Å². The number of hydrogen-bond donors (Lipinski definition) is 1. The van der Waals surface area contributed by atoms with Crippen LogP contribution in [0.1, 0.15) is 29.7 Å². The van der Waals surface area contributed by atoms with E-state index in [-0.39, 0.29) is 17.4 Å². The van der Waals surface area contributed by atoms with Crippen LogP contribution in [0.2, 0.25) is 10.0 Å². The summed E-state index contributed by atoms with van der Waals surface area (Å²) in [4.78, 5) is 32.8. The first-order valence-corrected chi connectivity index (χ1v) is 12.8. The van der Waals surface area contributed by atoms with Crippen molar-refractivity contribution in [1.82, 2.24) is 4.98 Å². The number of aliphatic hydroxyl groups is 1. The van der Waals surface area contributed by atoms with Crippen molar-refractivity contribution < 1.29 is 19.4 Å². The van der Waals surface area contributed by atoms with Crippen LogP contribution >= 0.6 is 34.5 Å². The lowest BCUT2D eigenvalue weighted by Crippen LogP contribution is -2.29. The average molecular weight is 537 g/mol. The zero-order chi connectivity index (χ0) is 25.1. The summed E-state index contributed by atoms with van der Waals surface area (Å²) in [5, 5.41) is 12.8. The molecule has 4 aromatic rings. The van der Waals surface area contributed by atoms with E-state index in [0.29, 0.717) is 38.2 Å². The topological polar surface area (TPSA) is 79.7 Å². The van der Waals surface area contributed by atoms with Crippen molar-refractivity contribution in [3.8, 4) is 5.75 Å².